The zero-order valence-electron chi connectivity index (χ0n) is 26.9. The molecule has 2 saturated heterocycles. The number of fused-ring (bicyclic) bond motifs is 1. The number of carboxylic acid groups (broad SMARTS) is 1. The number of amides is 2. The van der Waals surface area contributed by atoms with Crippen LogP contribution in [0.2, 0.25) is 18.1 Å². The third-order valence-electron chi connectivity index (χ3n) is 12.1. The lowest BCUT2D eigenvalue weighted by Crippen LogP contribution is -2.70. The van der Waals surface area contributed by atoms with Gasteiger partial charge in [-0.05, 0) is 118 Å². The van der Waals surface area contributed by atoms with Crippen LogP contribution in [0, 0.1) is 17.3 Å². The molecule has 4 fully saturated rings. The molecule has 0 spiro atoms. The van der Waals surface area contributed by atoms with Crippen molar-refractivity contribution in [3.63, 3.8) is 0 Å². The first-order chi connectivity index (χ1) is 19.5. The maximum atomic E-state index is 12.4. The summed E-state index contributed by atoms with van der Waals surface area (Å²) in [4.78, 5) is 29.2. The average Bonchev–Trinajstić information content (AvgIpc) is 3.30. The summed E-state index contributed by atoms with van der Waals surface area (Å²) in [5.41, 5.74) is 2.42. The molecule has 2 aliphatic heterocycles. The number of ether oxygens (including phenoxy) is 1. The van der Waals surface area contributed by atoms with Crippen LogP contribution >= 0.6 is 0 Å². The highest BCUT2D eigenvalue weighted by atomic mass is 28.4. The van der Waals surface area contributed by atoms with E-state index in [1.54, 1.807) is 4.90 Å². The minimum absolute atomic E-state index is 0.0368. The van der Waals surface area contributed by atoms with Gasteiger partial charge >= 0.3 is 12.2 Å². The molecular formula is C33H51N3O5Si. The Morgan fingerprint density at radius 3 is 2.55 bits per heavy atom. The van der Waals surface area contributed by atoms with Crippen molar-refractivity contribution in [1.29, 1.82) is 0 Å². The van der Waals surface area contributed by atoms with Crippen LogP contribution in [0.1, 0.15) is 78.4 Å². The molecule has 42 heavy (non-hydrogen) atoms. The summed E-state index contributed by atoms with van der Waals surface area (Å²) >= 11 is 0. The Labute approximate surface area is 252 Å². The van der Waals surface area contributed by atoms with Gasteiger partial charge in [0.05, 0.1) is 0 Å². The van der Waals surface area contributed by atoms with Crippen LogP contribution in [0.25, 0.3) is 0 Å². The van der Waals surface area contributed by atoms with E-state index >= 15 is 0 Å². The van der Waals surface area contributed by atoms with Gasteiger partial charge in [-0.1, -0.05) is 26.8 Å². The van der Waals surface area contributed by atoms with Gasteiger partial charge in [-0.25, -0.2) is 9.59 Å². The van der Waals surface area contributed by atoms with Crippen LogP contribution < -0.4 is 9.74 Å². The Morgan fingerprint density at radius 1 is 1.14 bits per heavy atom. The predicted octanol–water partition coefficient (Wildman–Crippen LogP) is 6.24. The molecule has 1 aromatic carbocycles. The molecule has 2 saturated carbocycles. The third kappa shape index (κ3) is 4.39. The zero-order valence-corrected chi connectivity index (χ0v) is 27.9. The molecule has 5 aliphatic rings. The average molecular weight is 598 g/mol. The number of alkyl carbamates (subject to hydrolysis) is 1. The SMILES string of the molecule is CC(C)(C)OC(=O)NCCN1CC[C@@]23c4cc(O[Si](C)(C)C(C)(C)C)ccc4C[C@@H]1[C@]21CC[C@@H]2[C@H]3[C@@H](CN2C(=O)O)C1. The fourth-order valence-electron chi connectivity index (χ4n) is 9.70. The monoisotopic (exact) mass is 597 g/mol. The van der Waals surface area contributed by atoms with Gasteiger partial charge in [0.2, 0.25) is 8.32 Å². The maximum absolute atomic E-state index is 12.4. The van der Waals surface area contributed by atoms with E-state index in [-0.39, 0.29) is 28.0 Å². The number of hydrogen-bond donors (Lipinski definition) is 2. The molecule has 0 radical (unpaired) electrons. The Morgan fingerprint density at radius 2 is 1.88 bits per heavy atom. The summed E-state index contributed by atoms with van der Waals surface area (Å²) in [5.74, 6) is 1.74. The molecule has 4 bridgehead atoms. The van der Waals surface area contributed by atoms with Gasteiger partial charge in [-0.3, -0.25) is 4.90 Å². The fraction of sp³-hybridized carbons (Fsp3) is 0.758. The van der Waals surface area contributed by atoms with Gasteiger partial charge in [-0.15, -0.1) is 0 Å². The van der Waals surface area contributed by atoms with Crippen molar-refractivity contribution < 1.29 is 23.9 Å². The van der Waals surface area contributed by atoms with Crippen molar-refractivity contribution in [1.82, 2.24) is 15.1 Å². The van der Waals surface area contributed by atoms with E-state index in [1.165, 1.54) is 11.1 Å². The van der Waals surface area contributed by atoms with E-state index in [0.717, 1.165) is 50.9 Å². The summed E-state index contributed by atoms with van der Waals surface area (Å²) in [7, 11) is -2.02. The van der Waals surface area contributed by atoms with E-state index in [0.29, 0.717) is 31.0 Å². The van der Waals surface area contributed by atoms with E-state index in [9.17, 15) is 14.7 Å². The summed E-state index contributed by atoms with van der Waals surface area (Å²) in [6, 6.07) is 7.36. The molecular weight excluding hydrogens is 546 g/mol. The largest absolute Gasteiger partial charge is 0.543 e. The van der Waals surface area contributed by atoms with E-state index in [2.05, 4.69) is 62.3 Å². The van der Waals surface area contributed by atoms with E-state index < -0.39 is 20.0 Å². The van der Waals surface area contributed by atoms with Crippen molar-refractivity contribution in [3.05, 3.63) is 29.3 Å². The topological polar surface area (TPSA) is 91.3 Å². The summed E-state index contributed by atoms with van der Waals surface area (Å²) in [6.45, 7) is 20.1. The fourth-order valence-corrected chi connectivity index (χ4v) is 10.7. The highest BCUT2D eigenvalue weighted by Crippen LogP contribution is 2.75. The molecule has 0 aromatic heterocycles. The Hall–Kier alpha value is -2.26. The van der Waals surface area contributed by atoms with Gasteiger partial charge in [0.25, 0.3) is 0 Å². The van der Waals surface area contributed by atoms with Crippen molar-refractivity contribution in [2.24, 2.45) is 17.3 Å². The van der Waals surface area contributed by atoms with Gasteiger partial charge in [0.1, 0.15) is 11.4 Å². The lowest BCUT2D eigenvalue weighted by atomic mass is 9.43. The molecule has 232 valence electrons. The number of piperidine rings is 1. The maximum Gasteiger partial charge on any atom is 0.407 e. The number of nitrogens with one attached hydrogen (secondary N) is 1. The molecule has 9 heteroatoms. The van der Waals surface area contributed by atoms with Gasteiger partial charge < -0.3 is 24.5 Å². The molecule has 1 aromatic rings. The number of rotatable bonds is 5. The standard InChI is InChI=1S/C33H51N3O5Si/c1-30(2,3)40-28(37)34-14-16-35-15-13-33-24-18-23(41-42(7,8)31(4,5)6)10-9-21(24)17-26(35)32(33)12-11-25-27(33)22(19-32)20-36(25)29(38)39/h9-10,18,22,25-27H,11-17,19-20H2,1-8H3,(H,34,37)(H,38,39)/t22-,25-,26-,27-,32-,33+/m1/s1. The molecule has 2 N–H and O–H groups in total. The highest BCUT2D eigenvalue weighted by molar-refractivity contribution is 6.74. The lowest BCUT2D eigenvalue weighted by molar-refractivity contribution is -0.101. The van der Waals surface area contributed by atoms with Crippen molar-refractivity contribution >= 4 is 20.5 Å². The number of carbonyl (C=O) groups is 2. The summed E-state index contributed by atoms with van der Waals surface area (Å²) in [6.07, 6.45) is 4.00. The smallest absolute Gasteiger partial charge is 0.407 e. The van der Waals surface area contributed by atoms with Crippen molar-refractivity contribution in [3.8, 4) is 5.75 Å². The van der Waals surface area contributed by atoms with Crippen molar-refractivity contribution in [2.75, 3.05) is 26.2 Å². The Bertz CT molecular complexity index is 1270. The van der Waals surface area contributed by atoms with Crippen LogP contribution in [-0.2, 0) is 16.6 Å². The molecule has 0 unspecified atom stereocenters. The van der Waals surface area contributed by atoms with Gasteiger partial charge in [-0.2, -0.15) is 0 Å². The van der Waals surface area contributed by atoms with E-state index in [1.807, 2.05) is 20.8 Å². The summed E-state index contributed by atoms with van der Waals surface area (Å²) in [5, 5.41) is 13.3. The first kappa shape index (κ1) is 29.8. The first-order valence-corrected chi connectivity index (χ1v) is 18.9. The predicted molar refractivity (Wildman–Crippen MR) is 166 cm³/mol. The summed E-state index contributed by atoms with van der Waals surface area (Å²) < 4.78 is 12.4. The van der Waals surface area contributed by atoms with Crippen LogP contribution in [-0.4, -0.2) is 79.3 Å². The zero-order chi connectivity index (χ0) is 30.5. The number of nitrogens with zero attached hydrogens (tertiary/aromatic N) is 2. The van der Waals surface area contributed by atoms with Crippen LogP contribution in [0.5, 0.6) is 5.75 Å². The Kier molecular flexibility index (Phi) is 6.82. The number of hydrogen-bond acceptors (Lipinski definition) is 5. The second-order valence-corrected chi connectivity index (χ2v) is 21.0. The molecule has 2 amide bonds. The normalized spacial score (nSPS) is 33.6. The van der Waals surface area contributed by atoms with Gasteiger partial charge in [0, 0.05) is 37.1 Å². The van der Waals surface area contributed by atoms with Crippen molar-refractivity contribution in [2.45, 2.75) is 115 Å². The quantitative estimate of drug-likeness (QED) is 0.391. The van der Waals surface area contributed by atoms with Crippen LogP contribution in [0.15, 0.2) is 18.2 Å². The molecule has 6 rings (SSSR count). The molecule has 2 heterocycles. The van der Waals surface area contributed by atoms with Crippen LogP contribution in [0.4, 0.5) is 9.59 Å². The number of likely N-dealkylation sites (tertiary alicyclic amines) is 2. The van der Waals surface area contributed by atoms with Crippen LogP contribution in [0.3, 0.4) is 0 Å². The van der Waals surface area contributed by atoms with Gasteiger partial charge in [0.15, 0.2) is 0 Å². The highest BCUT2D eigenvalue weighted by Gasteiger charge is 2.76. The number of carbonyl (C=O) groups excluding carboxylic acids is 1. The minimum Gasteiger partial charge on any atom is -0.543 e. The second-order valence-electron chi connectivity index (χ2n) is 16.3. The molecule has 6 atom stereocenters. The molecule has 8 nitrogen and oxygen atoms in total. The molecule has 3 aliphatic carbocycles. The first-order valence-electron chi connectivity index (χ1n) is 16.0. The number of benzene rings is 1. The third-order valence-corrected chi connectivity index (χ3v) is 16.4. The Balaban J connectivity index is 1.35. The van der Waals surface area contributed by atoms with E-state index in [4.69, 9.17) is 9.16 Å². The lowest BCUT2D eigenvalue weighted by Gasteiger charge is -2.66. The minimum atomic E-state index is -2.02. The second kappa shape index (κ2) is 9.62.